The molecule has 0 fully saturated rings. The Morgan fingerprint density at radius 1 is 1.20 bits per heavy atom. The van der Waals surface area contributed by atoms with Crippen LogP contribution < -0.4 is 4.74 Å². The third kappa shape index (κ3) is 3.38. The molecule has 0 aliphatic heterocycles. The average molecular weight is 332 g/mol. The molecule has 2 rings (SSSR count). The molecule has 0 unspecified atom stereocenters. The number of ketones is 1. The molecule has 0 aliphatic carbocycles. The number of azide groups is 1. The summed E-state index contributed by atoms with van der Waals surface area (Å²) in [6.07, 6.45) is 0. The molecule has 5 nitrogen and oxygen atoms in total. The minimum atomic E-state index is -0.0962. The van der Waals surface area contributed by atoms with E-state index < -0.39 is 0 Å². The van der Waals surface area contributed by atoms with Crippen LogP contribution in [0.5, 0.6) is 5.75 Å². The van der Waals surface area contributed by atoms with Gasteiger partial charge in [-0.15, -0.1) is 0 Å². The highest BCUT2D eigenvalue weighted by Crippen LogP contribution is 2.27. The second-order valence-electron chi connectivity index (χ2n) is 3.84. The lowest BCUT2D eigenvalue weighted by Gasteiger charge is -2.07. The van der Waals surface area contributed by atoms with Gasteiger partial charge in [0, 0.05) is 16.0 Å². The van der Waals surface area contributed by atoms with Crippen molar-refractivity contribution < 1.29 is 9.53 Å². The Morgan fingerprint density at radius 2 is 1.95 bits per heavy atom. The Hall–Kier alpha value is -2.30. The molecule has 0 amide bonds. The Labute approximate surface area is 123 Å². The zero-order valence-corrected chi connectivity index (χ0v) is 11.9. The van der Waals surface area contributed by atoms with Gasteiger partial charge in [-0.2, -0.15) is 0 Å². The number of hydrogen-bond donors (Lipinski definition) is 0. The van der Waals surface area contributed by atoms with E-state index in [1.54, 1.807) is 30.3 Å². The average Bonchev–Trinajstić information content (AvgIpc) is 2.49. The highest BCUT2D eigenvalue weighted by Gasteiger charge is 2.11. The van der Waals surface area contributed by atoms with Crippen molar-refractivity contribution in [1.29, 1.82) is 0 Å². The monoisotopic (exact) mass is 331 g/mol. The van der Waals surface area contributed by atoms with Crippen molar-refractivity contribution in [3.05, 3.63) is 74.6 Å². The highest BCUT2D eigenvalue weighted by molar-refractivity contribution is 9.10. The van der Waals surface area contributed by atoms with E-state index in [9.17, 15) is 4.79 Å². The van der Waals surface area contributed by atoms with E-state index in [0.29, 0.717) is 21.3 Å². The molecule has 0 saturated heterocycles. The van der Waals surface area contributed by atoms with Crippen molar-refractivity contribution in [3.63, 3.8) is 0 Å². The fourth-order valence-corrected chi connectivity index (χ4v) is 2.13. The van der Waals surface area contributed by atoms with Gasteiger partial charge in [0.25, 0.3) is 0 Å². The van der Waals surface area contributed by atoms with Crippen LogP contribution in [-0.2, 0) is 0 Å². The van der Waals surface area contributed by atoms with Crippen LogP contribution in [0.1, 0.15) is 15.9 Å². The van der Waals surface area contributed by atoms with Crippen LogP contribution in [0.25, 0.3) is 10.4 Å². The predicted molar refractivity (Wildman–Crippen MR) is 78.7 cm³/mol. The van der Waals surface area contributed by atoms with Crippen LogP contribution in [0.15, 0.2) is 58.1 Å². The molecular formula is C14H10BrN3O2. The maximum atomic E-state index is 12.2. The van der Waals surface area contributed by atoms with E-state index in [-0.39, 0.29) is 12.5 Å². The number of halogens is 1. The summed E-state index contributed by atoms with van der Waals surface area (Å²) in [6, 6.07) is 14.0. The van der Waals surface area contributed by atoms with Crippen molar-refractivity contribution in [2.24, 2.45) is 5.11 Å². The third-order valence-corrected chi connectivity index (χ3v) is 3.19. The topological polar surface area (TPSA) is 75.1 Å². The Balaban J connectivity index is 2.20. The van der Waals surface area contributed by atoms with Crippen LogP contribution in [-0.4, -0.2) is 12.5 Å². The standard InChI is InChI=1S/C14H10BrN3O2/c15-12-8-11(6-7-13(12)20-9-17-18-16)14(19)10-4-2-1-3-5-10/h1-8H,9H2. The lowest BCUT2D eigenvalue weighted by atomic mass is 10.0. The molecule has 20 heavy (non-hydrogen) atoms. The van der Waals surface area contributed by atoms with Gasteiger partial charge in [-0.05, 0) is 39.7 Å². The first-order valence-corrected chi connectivity index (χ1v) is 6.54. The van der Waals surface area contributed by atoms with E-state index in [1.165, 1.54) is 0 Å². The van der Waals surface area contributed by atoms with Crippen LogP contribution in [0.2, 0.25) is 0 Å². The lowest BCUT2D eigenvalue weighted by Crippen LogP contribution is -2.02. The molecule has 0 bridgehead atoms. The first-order chi connectivity index (χ1) is 9.72. The number of nitrogens with zero attached hydrogens (tertiary/aromatic N) is 3. The molecule has 0 saturated carbocycles. The minimum absolute atomic E-state index is 0.0621. The second-order valence-corrected chi connectivity index (χ2v) is 4.70. The summed E-state index contributed by atoms with van der Waals surface area (Å²) in [5, 5.41) is 3.28. The minimum Gasteiger partial charge on any atom is -0.486 e. The van der Waals surface area contributed by atoms with Gasteiger partial charge in [-0.1, -0.05) is 35.4 Å². The maximum Gasteiger partial charge on any atom is 0.193 e. The van der Waals surface area contributed by atoms with E-state index in [0.717, 1.165) is 0 Å². The molecule has 2 aromatic rings. The molecule has 2 aromatic carbocycles. The van der Waals surface area contributed by atoms with Gasteiger partial charge in [0.15, 0.2) is 12.5 Å². The molecule has 0 heterocycles. The molecule has 0 atom stereocenters. The zero-order chi connectivity index (χ0) is 14.4. The molecule has 0 aromatic heterocycles. The molecule has 0 spiro atoms. The SMILES string of the molecule is [N-]=[N+]=NCOc1ccc(C(=O)c2ccccc2)cc1Br. The maximum absolute atomic E-state index is 12.2. The van der Waals surface area contributed by atoms with Gasteiger partial charge in [0.05, 0.1) is 4.47 Å². The van der Waals surface area contributed by atoms with Crippen molar-refractivity contribution in [3.8, 4) is 5.75 Å². The van der Waals surface area contributed by atoms with Crippen LogP contribution >= 0.6 is 15.9 Å². The molecule has 0 radical (unpaired) electrons. The molecule has 0 N–H and O–H groups in total. The number of benzene rings is 2. The van der Waals surface area contributed by atoms with Crippen LogP contribution in [0, 0.1) is 0 Å². The van der Waals surface area contributed by atoms with Gasteiger partial charge >= 0.3 is 0 Å². The number of carbonyl (C=O) groups excluding carboxylic acids is 1. The first kappa shape index (κ1) is 14.1. The highest BCUT2D eigenvalue weighted by atomic mass is 79.9. The van der Waals surface area contributed by atoms with Crippen molar-refractivity contribution in [2.45, 2.75) is 0 Å². The Bertz CT molecular complexity index is 667. The summed E-state index contributed by atoms with van der Waals surface area (Å²) >= 11 is 3.33. The molecular weight excluding hydrogens is 322 g/mol. The summed E-state index contributed by atoms with van der Waals surface area (Å²) in [5.74, 6) is 0.454. The summed E-state index contributed by atoms with van der Waals surface area (Å²) in [4.78, 5) is 14.8. The predicted octanol–water partition coefficient (Wildman–Crippen LogP) is 4.33. The van der Waals surface area contributed by atoms with E-state index in [4.69, 9.17) is 10.3 Å². The Kier molecular flexibility index (Phi) is 4.76. The fourth-order valence-electron chi connectivity index (χ4n) is 1.64. The number of ether oxygens (including phenoxy) is 1. The van der Waals surface area contributed by atoms with Gasteiger partial charge in [-0.3, -0.25) is 4.79 Å². The second kappa shape index (κ2) is 6.75. The summed E-state index contributed by atoms with van der Waals surface area (Å²) < 4.78 is 5.87. The fraction of sp³-hybridized carbons (Fsp3) is 0.0714. The van der Waals surface area contributed by atoms with Crippen molar-refractivity contribution in [1.82, 2.24) is 0 Å². The van der Waals surface area contributed by atoms with Crippen LogP contribution in [0.4, 0.5) is 0 Å². The first-order valence-electron chi connectivity index (χ1n) is 5.75. The van der Waals surface area contributed by atoms with Crippen LogP contribution in [0.3, 0.4) is 0 Å². The summed E-state index contributed by atoms with van der Waals surface area (Å²) in [7, 11) is 0. The van der Waals surface area contributed by atoms with E-state index >= 15 is 0 Å². The molecule has 100 valence electrons. The van der Waals surface area contributed by atoms with E-state index in [1.807, 2.05) is 18.2 Å². The van der Waals surface area contributed by atoms with E-state index in [2.05, 4.69) is 26.0 Å². The van der Waals surface area contributed by atoms with Gasteiger partial charge in [0.1, 0.15) is 5.75 Å². The van der Waals surface area contributed by atoms with Gasteiger partial charge < -0.3 is 4.74 Å². The lowest BCUT2D eigenvalue weighted by molar-refractivity contribution is 0.103. The summed E-state index contributed by atoms with van der Waals surface area (Å²) in [5.41, 5.74) is 9.36. The number of hydrogen-bond acceptors (Lipinski definition) is 3. The quantitative estimate of drug-likeness (QED) is 0.354. The van der Waals surface area contributed by atoms with Gasteiger partial charge in [0.2, 0.25) is 0 Å². The van der Waals surface area contributed by atoms with Crippen molar-refractivity contribution in [2.75, 3.05) is 6.73 Å². The smallest absolute Gasteiger partial charge is 0.193 e. The molecule has 0 aliphatic rings. The Morgan fingerprint density at radius 3 is 2.60 bits per heavy atom. The molecule has 6 heteroatoms. The third-order valence-electron chi connectivity index (χ3n) is 2.57. The summed E-state index contributed by atoms with van der Waals surface area (Å²) in [6.45, 7) is -0.0962. The van der Waals surface area contributed by atoms with Crippen molar-refractivity contribution >= 4 is 21.7 Å². The van der Waals surface area contributed by atoms with Gasteiger partial charge in [-0.25, -0.2) is 0 Å². The zero-order valence-electron chi connectivity index (χ0n) is 10.4. The number of carbonyl (C=O) groups is 1. The normalized spacial score (nSPS) is 9.65. The largest absolute Gasteiger partial charge is 0.486 e. The number of rotatable bonds is 5.